The fourth-order valence-electron chi connectivity index (χ4n) is 0.742. The number of nitrogens with zero attached hydrogens (tertiary/aromatic N) is 2. The van der Waals surface area contributed by atoms with Crippen molar-refractivity contribution < 1.29 is 17.9 Å². The average molecular weight is 207 g/mol. The molecule has 0 aromatic carbocycles. The molecule has 1 aromatic rings. The lowest BCUT2D eigenvalue weighted by atomic mass is 10.5. The zero-order valence-corrected chi connectivity index (χ0v) is 7.08. The Kier molecular flexibility index (Phi) is 3.23. The Morgan fingerprint density at radius 1 is 1.43 bits per heavy atom. The predicted octanol–water partition coefficient (Wildman–Crippen LogP) is 1.14. The van der Waals surface area contributed by atoms with Crippen LogP contribution in [0.1, 0.15) is 5.82 Å². The van der Waals surface area contributed by atoms with Crippen LogP contribution < -0.4 is 5.73 Å². The van der Waals surface area contributed by atoms with Crippen molar-refractivity contribution in [3.8, 4) is 0 Å². The predicted molar refractivity (Wildman–Crippen MR) is 42.2 cm³/mol. The minimum atomic E-state index is -4.33. The monoisotopic (exact) mass is 207 g/mol. The fourth-order valence-corrected chi connectivity index (χ4v) is 0.742. The molecule has 4 nitrogen and oxygen atoms in total. The molecule has 0 saturated heterocycles. The van der Waals surface area contributed by atoms with E-state index in [1.165, 1.54) is 12.3 Å². The van der Waals surface area contributed by atoms with Crippen LogP contribution in [-0.2, 0) is 11.3 Å². The Labute approximate surface area is 77.9 Å². The Morgan fingerprint density at radius 3 is 2.71 bits per heavy atom. The Balaban J connectivity index is 2.39. The third-order valence-corrected chi connectivity index (χ3v) is 1.22. The number of rotatable bonds is 3. The maximum atomic E-state index is 11.6. The molecule has 14 heavy (non-hydrogen) atoms. The van der Waals surface area contributed by atoms with E-state index in [1.807, 2.05) is 0 Å². The van der Waals surface area contributed by atoms with Gasteiger partial charge in [0, 0.05) is 6.20 Å². The van der Waals surface area contributed by atoms with Crippen molar-refractivity contribution in [1.29, 1.82) is 0 Å². The second kappa shape index (κ2) is 4.23. The lowest BCUT2D eigenvalue weighted by Crippen LogP contribution is -2.17. The normalized spacial score (nSPS) is 11.6. The summed E-state index contributed by atoms with van der Waals surface area (Å²) in [5, 5.41) is 0. The molecule has 0 unspecified atom stereocenters. The Bertz CT molecular complexity index is 302. The zero-order chi connectivity index (χ0) is 10.6. The third-order valence-electron chi connectivity index (χ3n) is 1.22. The largest absolute Gasteiger partial charge is 0.411 e. The van der Waals surface area contributed by atoms with Gasteiger partial charge in [-0.25, -0.2) is 9.97 Å². The van der Waals surface area contributed by atoms with Gasteiger partial charge in [-0.2, -0.15) is 13.2 Å². The van der Waals surface area contributed by atoms with E-state index < -0.39 is 12.8 Å². The number of hydrogen-bond acceptors (Lipinski definition) is 4. The molecular weight excluding hydrogens is 199 g/mol. The first kappa shape index (κ1) is 10.7. The number of ether oxygens (including phenoxy) is 1. The van der Waals surface area contributed by atoms with E-state index in [4.69, 9.17) is 5.73 Å². The molecule has 2 N–H and O–H groups in total. The lowest BCUT2D eigenvalue weighted by molar-refractivity contribution is -0.177. The van der Waals surface area contributed by atoms with Gasteiger partial charge in [0.15, 0.2) is 5.82 Å². The van der Waals surface area contributed by atoms with Crippen LogP contribution in [-0.4, -0.2) is 22.8 Å². The van der Waals surface area contributed by atoms with Crippen LogP contribution in [0.15, 0.2) is 12.3 Å². The van der Waals surface area contributed by atoms with Crippen LogP contribution in [0, 0.1) is 0 Å². The van der Waals surface area contributed by atoms with E-state index in [-0.39, 0.29) is 18.2 Å². The number of aromatic nitrogens is 2. The summed E-state index contributed by atoms with van der Waals surface area (Å²) in [5.74, 6) is 0.333. The van der Waals surface area contributed by atoms with Crippen molar-refractivity contribution in [1.82, 2.24) is 9.97 Å². The highest BCUT2D eigenvalue weighted by Crippen LogP contribution is 2.14. The second-order valence-corrected chi connectivity index (χ2v) is 2.51. The number of anilines is 1. The van der Waals surface area contributed by atoms with Gasteiger partial charge in [-0.1, -0.05) is 0 Å². The highest BCUT2D eigenvalue weighted by atomic mass is 19.4. The molecule has 0 saturated carbocycles. The topological polar surface area (TPSA) is 61.0 Å². The number of nitrogen functional groups attached to an aromatic ring is 1. The summed E-state index contributed by atoms with van der Waals surface area (Å²) in [7, 11) is 0. The van der Waals surface area contributed by atoms with Crippen molar-refractivity contribution in [3.05, 3.63) is 18.1 Å². The number of nitrogens with two attached hydrogens (primary N) is 1. The molecule has 0 aliphatic rings. The summed E-state index contributed by atoms with van der Waals surface area (Å²) < 4.78 is 39.3. The molecule has 1 rings (SSSR count). The maximum Gasteiger partial charge on any atom is 0.411 e. The van der Waals surface area contributed by atoms with Gasteiger partial charge in [-0.15, -0.1) is 0 Å². The third kappa shape index (κ3) is 4.04. The SMILES string of the molecule is Nc1ccnc(COCC(F)(F)F)n1. The van der Waals surface area contributed by atoms with Gasteiger partial charge in [0.25, 0.3) is 0 Å². The van der Waals surface area contributed by atoms with E-state index in [0.717, 1.165) is 0 Å². The molecule has 0 bridgehead atoms. The summed E-state index contributed by atoms with van der Waals surface area (Å²) in [5.41, 5.74) is 5.29. The van der Waals surface area contributed by atoms with Gasteiger partial charge in [0.05, 0.1) is 0 Å². The van der Waals surface area contributed by atoms with E-state index >= 15 is 0 Å². The first-order valence-corrected chi connectivity index (χ1v) is 3.69. The molecule has 0 radical (unpaired) electrons. The van der Waals surface area contributed by atoms with Gasteiger partial charge < -0.3 is 10.5 Å². The summed E-state index contributed by atoms with van der Waals surface area (Å²) in [6.07, 6.45) is -2.98. The molecule has 78 valence electrons. The zero-order valence-electron chi connectivity index (χ0n) is 7.08. The van der Waals surface area contributed by atoms with Crippen LogP contribution in [0.4, 0.5) is 19.0 Å². The van der Waals surface area contributed by atoms with Gasteiger partial charge in [-0.05, 0) is 6.07 Å². The summed E-state index contributed by atoms with van der Waals surface area (Å²) in [6, 6.07) is 1.44. The summed E-state index contributed by atoms with van der Waals surface area (Å²) in [6.45, 7) is -1.62. The van der Waals surface area contributed by atoms with E-state index in [0.29, 0.717) is 0 Å². The molecule has 0 aliphatic carbocycles. The molecule has 1 heterocycles. The fraction of sp³-hybridized carbons (Fsp3) is 0.429. The van der Waals surface area contributed by atoms with E-state index in [9.17, 15) is 13.2 Å². The van der Waals surface area contributed by atoms with Crippen molar-refractivity contribution in [2.75, 3.05) is 12.3 Å². The minimum absolute atomic E-state index is 0.134. The Hall–Kier alpha value is -1.37. The first-order chi connectivity index (χ1) is 6.47. The van der Waals surface area contributed by atoms with Gasteiger partial charge in [0.2, 0.25) is 0 Å². The van der Waals surface area contributed by atoms with Crippen LogP contribution in [0.25, 0.3) is 0 Å². The molecule has 0 spiro atoms. The smallest absolute Gasteiger partial charge is 0.384 e. The van der Waals surface area contributed by atoms with E-state index in [2.05, 4.69) is 14.7 Å². The van der Waals surface area contributed by atoms with Crippen LogP contribution in [0.5, 0.6) is 0 Å². The molecule has 0 atom stereocenters. The highest BCUT2D eigenvalue weighted by molar-refractivity contribution is 5.24. The van der Waals surface area contributed by atoms with Crippen molar-refractivity contribution in [3.63, 3.8) is 0 Å². The number of alkyl halides is 3. The molecule has 0 fully saturated rings. The highest BCUT2D eigenvalue weighted by Gasteiger charge is 2.27. The minimum Gasteiger partial charge on any atom is -0.384 e. The lowest BCUT2D eigenvalue weighted by Gasteiger charge is -2.06. The van der Waals surface area contributed by atoms with Crippen molar-refractivity contribution in [2.45, 2.75) is 12.8 Å². The molecule has 0 amide bonds. The molecule has 7 heteroatoms. The summed E-state index contributed by atoms with van der Waals surface area (Å²) in [4.78, 5) is 7.34. The molecule has 0 aliphatic heterocycles. The standard InChI is InChI=1S/C7H8F3N3O/c8-7(9,10)4-14-3-6-12-2-1-5(11)13-6/h1-2H,3-4H2,(H2,11,12,13). The summed E-state index contributed by atoms with van der Waals surface area (Å²) >= 11 is 0. The van der Waals surface area contributed by atoms with Gasteiger partial charge >= 0.3 is 6.18 Å². The van der Waals surface area contributed by atoms with Crippen molar-refractivity contribution in [2.24, 2.45) is 0 Å². The number of halogens is 3. The van der Waals surface area contributed by atoms with Crippen LogP contribution in [0.3, 0.4) is 0 Å². The van der Waals surface area contributed by atoms with Crippen LogP contribution >= 0.6 is 0 Å². The van der Waals surface area contributed by atoms with Crippen LogP contribution in [0.2, 0.25) is 0 Å². The van der Waals surface area contributed by atoms with Gasteiger partial charge in [-0.3, -0.25) is 0 Å². The second-order valence-electron chi connectivity index (χ2n) is 2.51. The molecular formula is C7H8F3N3O. The first-order valence-electron chi connectivity index (χ1n) is 3.69. The van der Waals surface area contributed by atoms with Crippen molar-refractivity contribution >= 4 is 5.82 Å². The Morgan fingerprint density at radius 2 is 2.14 bits per heavy atom. The molecule has 1 aromatic heterocycles. The number of hydrogen-bond donors (Lipinski definition) is 1. The quantitative estimate of drug-likeness (QED) is 0.807. The van der Waals surface area contributed by atoms with Gasteiger partial charge in [0.1, 0.15) is 19.0 Å². The average Bonchev–Trinajstić information content (AvgIpc) is 2.01. The maximum absolute atomic E-state index is 11.6. The van der Waals surface area contributed by atoms with E-state index in [1.54, 1.807) is 0 Å².